The Kier molecular flexibility index (Phi) is 3.57. The molecule has 0 bridgehead atoms. The fourth-order valence-corrected chi connectivity index (χ4v) is 2.89. The highest BCUT2D eigenvalue weighted by Crippen LogP contribution is 2.38. The topological polar surface area (TPSA) is 17.8 Å². The van der Waals surface area contributed by atoms with Gasteiger partial charge < -0.3 is 0 Å². The van der Waals surface area contributed by atoms with Crippen LogP contribution in [0.1, 0.15) is 11.1 Å². The molecule has 0 saturated carbocycles. The van der Waals surface area contributed by atoms with Crippen molar-refractivity contribution in [3.63, 3.8) is 0 Å². The molecule has 22 heavy (non-hydrogen) atoms. The molecule has 0 aliphatic rings. The van der Waals surface area contributed by atoms with E-state index >= 15 is 0 Å². The number of rotatable bonds is 1. The highest BCUT2D eigenvalue weighted by molar-refractivity contribution is 6.38. The second-order valence-electron chi connectivity index (χ2n) is 4.90. The summed E-state index contributed by atoms with van der Waals surface area (Å²) >= 11 is 12.1. The second-order valence-corrected chi connectivity index (χ2v) is 5.72. The van der Waals surface area contributed by atoms with E-state index in [-0.39, 0.29) is 15.7 Å². The molecule has 0 radical (unpaired) electrons. The smallest absolute Gasteiger partial charge is 0.230 e. The zero-order chi connectivity index (χ0) is 16.1. The van der Waals surface area contributed by atoms with Gasteiger partial charge in [0.15, 0.2) is 0 Å². The average molecular weight is 345 g/mol. The summed E-state index contributed by atoms with van der Waals surface area (Å²) in [5.41, 5.74) is 1.06. The molecule has 0 amide bonds. The monoisotopic (exact) mass is 344 g/mol. The molecule has 7 heteroatoms. The fraction of sp³-hybridized carbons (Fsp3) is 0.133. The van der Waals surface area contributed by atoms with E-state index in [2.05, 4.69) is 5.10 Å². The minimum Gasteiger partial charge on any atom is -0.230 e. The third-order valence-electron chi connectivity index (χ3n) is 3.28. The molecule has 0 aliphatic carbocycles. The lowest BCUT2D eigenvalue weighted by Crippen LogP contribution is -2.07. The first kappa shape index (κ1) is 15.2. The van der Waals surface area contributed by atoms with E-state index in [1.54, 1.807) is 6.20 Å². The van der Waals surface area contributed by atoms with Crippen LogP contribution in [0.3, 0.4) is 0 Å². The van der Waals surface area contributed by atoms with Crippen LogP contribution >= 0.6 is 23.2 Å². The highest BCUT2D eigenvalue weighted by Gasteiger charge is 2.32. The van der Waals surface area contributed by atoms with Crippen LogP contribution in [-0.2, 0) is 6.18 Å². The molecule has 0 spiro atoms. The molecule has 3 rings (SSSR count). The number of hydrogen-bond donors (Lipinski definition) is 0. The Bertz CT molecular complexity index is 846. The Morgan fingerprint density at radius 2 is 1.68 bits per heavy atom. The van der Waals surface area contributed by atoms with E-state index in [1.165, 1.54) is 4.68 Å². The average Bonchev–Trinajstić information content (AvgIpc) is 2.80. The minimum absolute atomic E-state index is 0.105. The molecular formula is C15H9Cl2F3N2. The van der Waals surface area contributed by atoms with Gasteiger partial charge in [0.05, 0.1) is 27.3 Å². The lowest BCUT2D eigenvalue weighted by Gasteiger charge is -2.13. The number of nitrogens with zero attached hydrogens (tertiary/aromatic N) is 2. The van der Waals surface area contributed by atoms with Crippen LogP contribution in [0.5, 0.6) is 0 Å². The highest BCUT2D eigenvalue weighted by atomic mass is 35.5. The summed E-state index contributed by atoms with van der Waals surface area (Å²) in [6.45, 7) is 1.91. The number of aryl methyl sites for hydroxylation is 1. The molecule has 0 N–H and O–H groups in total. The standard InChI is InChI=1S/C15H9Cl2F3N2/c1-8-2-3-9-7-21-22(13(9)4-8)14-11(16)5-10(6-12(14)17)15(18,19)20/h2-7H,1H3. The summed E-state index contributed by atoms with van der Waals surface area (Å²) in [4.78, 5) is 0. The van der Waals surface area contributed by atoms with Gasteiger partial charge in [0, 0.05) is 5.39 Å². The van der Waals surface area contributed by atoms with Crippen molar-refractivity contribution in [2.24, 2.45) is 0 Å². The SMILES string of the molecule is Cc1ccc2cnn(-c3c(Cl)cc(C(F)(F)F)cc3Cl)c2c1. The van der Waals surface area contributed by atoms with Crippen LogP contribution in [0.15, 0.2) is 36.5 Å². The largest absolute Gasteiger partial charge is 0.416 e. The van der Waals surface area contributed by atoms with E-state index in [1.807, 2.05) is 25.1 Å². The number of fused-ring (bicyclic) bond motifs is 1. The molecule has 2 aromatic carbocycles. The molecule has 114 valence electrons. The van der Waals surface area contributed by atoms with Crippen LogP contribution in [0.2, 0.25) is 10.0 Å². The third-order valence-corrected chi connectivity index (χ3v) is 3.86. The lowest BCUT2D eigenvalue weighted by atomic mass is 10.1. The van der Waals surface area contributed by atoms with Gasteiger partial charge in [-0.2, -0.15) is 18.3 Å². The predicted molar refractivity (Wildman–Crippen MR) is 80.8 cm³/mol. The normalized spacial score (nSPS) is 12.1. The third kappa shape index (κ3) is 2.55. The minimum atomic E-state index is -4.51. The van der Waals surface area contributed by atoms with Crippen molar-refractivity contribution < 1.29 is 13.2 Å². The van der Waals surface area contributed by atoms with Crippen molar-refractivity contribution in [3.05, 3.63) is 57.7 Å². The maximum absolute atomic E-state index is 12.8. The van der Waals surface area contributed by atoms with E-state index in [4.69, 9.17) is 23.2 Å². The summed E-state index contributed by atoms with van der Waals surface area (Å²) in [5, 5.41) is 4.82. The van der Waals surface area contributed by atoms with Crippen LogP contribution in [-0.4, -0.2) is 9.78 Å². The van der Waals surface area contributed by atoms with Crippen molar-refractivity contribution >= 4 is 34.1 Å². The first-order valence-corrected chi connectivity index (χ1v) is 7.04. The molecule has 0 aliphatic heterocycles. The first-order chi connectivity index (χ1) is 10.3. The molecule has 2 nitrogen and oxygen atoms in total. The molecular weight excluding hydrogens is 336 g/mol. The lowest BCUT2D eigenvalue weighted by molar-refractivity contribution is -0.137. The van der Waals surface area contributed by atoms with Gasteiger partial charge in [0.1, 0.15) is 5.69 Å². The quantitative estimate of drug-likeness (QED) is 0.556. The Hall–Kier alpha value is -1.72. The molecule has 0 saturated heterocycles. The summed E-state index contributed by atoms with van der Waals surface area (Å²) in [6, 6.07) is 7.37. The van der Waals surface area contributed by atoms with Crippen molar-refractivity contribution in [2.75, 3.05) is 0 Å². The number of hydrogen-bond acceptors (Lipinski definition) is 1. The summed E-state index contributed by atoms with van der Waals surface area (Å²) < 4.78 is 39.8. The van der Waals surface area contributed by atoms with Crippen LogP contribution in [0.4, 0.5) is 13.2 Å². The fourth-order valence-electron chi connectivity index (χ4n) is 2.24. The summed E-state index contributed by atoms with van der Waals surface area (Å²) in [6.07, 6.45) is -2.90. The van der Waals surface area contributed by atoms with Crippen molar-refractivity contribution in [1.29, 1.82) is 0 Å². The molecule has 1 aromatic heterocycles. The Morgan fingerprint density at radius 3 is 2.27 bits per heavy atom. The van der Waals surface area contributed by atoms with Gasteiger partial charge in [-0.15, -0.1) is 0 Å². The first-order valence-electron chi connectivity index (χ1n) is 6.28. The van der Waals surface area contributed by atoms with Gasteiger partial charge in [0.2, 0.25) is 0 Å². The van der Waals surface area contributed by atoms with Gasteiger partial charge in [0.25, 0.3) is 0 Å². The molecule has 0 atom stereocenters. The summed E-state index contributed by atoms with van der Waals surface area (Å²) in [5.74, 6) is 0. The predicted octanol–water partition coefficient (Wildman–Crippen LogP) is 5.66. The summed E-state index contributed by atoms with van der Waals surface area (Å²) in [7, 11) is 0. The van der Waals surface area contributed by atoms with Gasteiger partial charge in [-0.05, 0) is 30.7 Å². The van der Waals surface area contributed by atoms with Gasteiger partial charge in [-0.3, -0.25) is 0 Å². The zero-order valence-corrected chi connectivity index (χ0v) is 12.8. The Balaban J connectivity index is 2.25. The van der Waals surface area contributed by atoms with Crippen molar-refractivity contribution in [2.45, 2.75) is 13.1 Å². The van der Waals surface area contributed by atoms with E-state index in [0.29, 0.717) is 0 Å². The number of alkyl halides is 3. The van der Waals surface area contributed by atoms with E-state index in [0.717, 1.165) is 28.6 Å². The van der Waals surface area contributed by atoms with Gasteiger partial charge >= 0.3 is 6.18 Å². The Labute approximate surface area is 134 Å². The maximum atomic E-state index is 12.8. The van der Waals surface area contributed by atoms with Crippen molar-refractivity contribution in [3.8, 4) is 5.69 Å². The van der Waals surface area contributed by atoms with E-state index in [9.17, 15) is 13.2 Å². The maximum Gasteiger partial charge on any atom is 0.416 e. The van der Waals surface area contributed by atoms with Gasteiger partial charge in [-0.1, -0.05) is 35.3 Å². The number of aromatic nitrogens is 2. The molecule has 0 unspecified atom stereocenters. The molecule has 0 fully saturated rings. The second kappa shape index (κ2) is 5.18. The van der Waals surface area contributed by atoms with Crippen LogP contribution in [0, 0.1) is 6.92 Å². The Morgan fingerprint density at radius 1 is 1.05 bits per heavy atom. The number of benzene rings is 2. The van der Waals surface area contributed by atoms with Crippen molar-refractivity contribution in [1.82, 2.24) is 9.78 Å². The van der Waals surface area contributed by atoms with E-state index < -0.39 is 11.7 Å². The van der Waals surface area contributed by atoms with Gasteiger partial charge in [-0.25, -0.2) is 4.68 Å². The number of halogens is 5. The van der Waals surface area contributed by atoms with Crippen LogP contribution < -0.4 is 0 Å². The molecule has 3 aromatic rings. The zero-order valence-electron chi connectivity index (χ0n) is 11.2. The van der Waals surface area contributed by atoms with Crippen LogP contribution in [0.25, 0.3) is 16.6 Å². The molecule has 1 heterocycles.